The van der Waals surface area contributed by atoms with Crippen LogP contribution < -0.4 is 0 Å². The van der Waals surface area contributed by atoms with Gasteiger partial charge >= 0.3 is 5.97 Å². The van der Waals surface area contributed by atoms with Crippen molar-refractivity contribution in [1.29, 1.82) is 0 Å². The Balaban J connectivity index is 1.88. The number of carbonyl (C=O) groups is 1. The highest BCUT2D eigenvalue weighted by Crippen LogP contribution is 2.34. The maximum absolute atomic E-state index is 14.2. The van der Waals surface area contributed by atoms with Crippen molar-refractivity contribution in [2.24, 2.45) is 0 Å². The highest BCUT2D eigenvalue weighted by Gasteiger charge is 2.21. The number of benzene rings is 2. The fourth-order valence-electron chi connectivity index (χ4n) is 3.00. The number of hydrogen-bond donors (Lipinski definition) is 0. The van der Waals surface area contributed by atoms with Gasteiger partial charge < -0.3 is 4.74 Å². The largest absolute Gasteiger partial charge is 0.462 e. The number of halogens is 2. The zero-order chi connectivity index (χ0) is 17.1. The number of fused-ring (bicyclic) bond motifs is 1. The number of thioether (sulfide) groups is 1. The molecule has 2 nitrogen and oxygen atoms in total. The molecule has 0 heterocycles. The van der Waals surface area contributed by atoms with Crippen molar-refractivity contribution in [2.45, 2.75) is 36.8 Å². The normalized spacial score (nSPS) is 13.0. The van der Waals surface area contributed by atoms with Crippen molar-refractivity contribution in [1.82, 2.24) is 0 Å². The van der Waals surface area contributed by atoms with Gasteiger partial charge in [-0.15, -0.1) is 11.8 Å². The van der Waals surface area contributed by atoms with Gasteiger partial charge in [0.15, 0.2) is 11.6 Å². The van der Waals surface area contributed by atoms with Crippen LogP contribution in [0.15, 0.2) is 35.2 Å². The average molecular weight is 348 g/mol. The summed E-state index contributed by atoms with van der Waals surface area (Å²) < 4.78 is 32.8. The Hall–Kier alpha value is -1.88. The molecule has 0 saturated carbocycles. The number of hydrogen-bond acceptors (Lipinski definition) is 3. The lowest BCUT2D eigenvalue weighted by Gasteiger charge is -2.12. The van der Waals surface area contributed by atoms with E-state index in [-0.39, 0.29) is 23.5 Å². The standard InChI is InChI=1S/C19H18F2O2S/c1-2-23-19(22)14-9-10-16(20)18(21)15(14)11-24-17-8-4-6-12-5-3-7-13(12)17/h4,6,8-10H,2-3,5,7,11H2,1H3. The summed E-state index contributed by atoms with van der Waals surface area (Å²) in [5.41, 5.74) is 2.77. The molecule has 0 unspecified atom stereocenters. The minimum atomic E-state index is -0.972. The lowest BCUT2D eigenvalue weighted by molar-refractivity contribution is 0.0524. The van der Waals surface area contributed by atoms with Crippen molar-refractivity contribution in [3.8, 4) is 0 Å². The molecule has 0 fully saturated rings. The zero-order valence-corrected chi connectivity index (χ0v) is 14.2. The number of rotatable bonds is 5. The van der Waals surface area contributed by atoms with Crippen molar-refractivity contribution in [3.63, 3.8) is 0 Å². The second-order valence-corrected chi connectivity index (χ2v) is 6.66. The van der Waals surface area contributed by atoms with Gasteiger partial charge in [-0.25, -0.2) is 13.6 Å². The lowest BCUT2D eigenvalue weighted by Crippen LogP contribution is -2.10. The molecular formula is C19H18F2O2S. The molecule has 0 amide bonds. The van der Waals surface area contributed by atoms with E-state index in [4.69, 9.17) is 4.74 Å². The van der Waals surface area contributed by atoms with Gasteiger partial charge in [-0.2, -0.15) is 0 Å². The monoisotopic (exact) mass is 348 g/mol. The lowest BCUT2D eigenvalue weighted by atomic mass is 10.1. The quantitative estimate of drug-likeness (QED) is 0.566. The summed E-state index contributed by atoms with van der Waals surface area (Å²) in [6.45, 7) is 1.87. The van der Waals surface area contributed by atoms with Crippen molar-refractivity contribution in [3.05, 3.63) is 64.2 Å². The van der Waals surface area contributed by atoms with Crippen molar-refractivity contribution in [2.75, 3.05) is 6.61 Å². The Morgan fingerprint density at radius 1 is 1.21 bits per heavy atom. The molecule has 0 saturated heterocycles. The van der Waals surface area contributed by atoms with E-state index < -0.39 is 17.6 Å². The summed E-state index contributed by atoms with van der Waals surface area (Å²) in [5.74, 6) is -2.35. The van der Waals surface area contributed by atoms with Crippen LogP contribution in [-0.4, -0.2) is 12.6 Å². The third-order valence-electron chi connectivity index (χ3n) is 4.17. The van der Waals surface area contributed by atoms with Gasteiger partial charge in [-0.05, 0) is 55.5 Å². The minimum Gasteiger partial charge on any atom is -0.462 e. The van der Waals surface area contributed by atoms with Gasteiger partial charge in [-0.3, -0.25) is 0 Å². The van der Waals surface area contributed by atoms with Gasteiger partial charge in [-0.1, -0.05) is 12.1 Å². The molecule has 24 heavy (non-hydrogen) atoms. The minimum absolute atomic E-state index is 0.0639. The average Bonchev–Trinajstić information content (AvgIpc) is 3.05. The smallest absolute Gasteiger partial charge is 0.338 e. The molecule has 0 aromatic heterocycles. The van der Waals surface area contributed by atoms with E-state index in [9.17, 15) is 13.6 Å². The fraction of sp³-hybridized carbons (Fsp3) is 0.316. The van der Waals surface area contributed by atoms with Gasteiger partial charge in [0.1, 0.15) is 0 Å². The topological polar surface area (TPSA) is 26.3 Å². The Bertz CT molecular complexity index is 774. The first-order valence-corrected chi connectivity index (χ1v) is 8.98. The van der Waals surface area contributed by atoms with E-state index >= 15 is 0 Å². The second-order valence-electron chi connectivity index (χ2n) is 5.64. The van der Waals surface area contributed by atoms with Crippen LogP contribution in [-0.2, 0) is 23.3 Å². The van der Waals surface area contributed by atoms with E-state index in [0.29, 0.717) is 0 Å². The van der Waals surface area contributed by atoms with Gasteiger partial charge in [0.2, 0.25) is 0 Å². The zero-order valence-electron chi connectivity index (χ0n) is 13.4. The molecule has 2 aromatic carbocycles. The van der Waals surface area contributed by atoms with Gasteiger partial charge in [0.25, 0.3) is 0 Å². The van der Waals surface area contributed by atoms with Crippen molar-refractivity contribution < 1.29 is 18.3 Å². The molecule has 0 N–H and O–H groups in total. The Kier molecular flexibility index (Phi) is 5.19. The summed E-state index contributed by atoms with van der Waals surface area (Å²) in [5, 5.41) is 0. The molecule has 0 aliphatic heterocycles. The van der Waals surface area contributed by atoms with Crippen LogP contribution in [0.2, 0.25) is 0 Å². The Morgan fingerprint density at radius 2 is 2.04 bits per heavy atom. The van der Waals surface area contributed by atoms with E-state index in [2.05, 4.69) is 6.07 Å². The van der Waals surface area contributed by atoms with Crippen LogP contribution in [0.5, 0.6) is 0 Å². The molecule has 1 aliphatic rings. The third kappa shape index (κ3) is 3.31. The number of ether oxygens (including phenoxy) is 1. The van der Waals surface area contributed by atoms with Gasteiger partial charge in [0, 0.05) is 16.2 Å². The Morgan fingerprint density at radius 3 is 2.83 bits per heavy atom. The first kappa shape index (κ1) is 17.0. The first-order chi connectivity index (χ1) is 11.6. The van der Waals surface area contributed by atoms with E-state index in [0.717, 1.165) is 30.2 Å². The van der Waals surface area contributed by atoms with Crippen molar-refractivity contribution >= 4 is 17.7 Å². The van der Waals surface area contributed by atoms with Crippen LogP contribution in [0.1, 0.15) is 40.4 Å². The highest BCUT2D eigenvalue weighted by atomic mass is 32.2. The fourth-order valence-corrected chi connectivity index (χ4v) is 4.17. The van der Waals surface area contributed by atoms with E-state index in [1.165, 1.54) is 29.0 Å². The molecule has 0 bridgehead atoms. The molecule has 1 aliphatic carbocycles. The predicted molar refractivity (Wildman–Crippen MR) is 90.3 cm³/mol. The SMILES string of the molecule is CCOC(=O)c1ccc(F)c(F)c1CSc1cccc2c1CCC2. The summed E-state index contributed by atoms with van der Waals surface area (Å²) in [4.78, 5) is 13.1. The highest BCUT2D eigenvalue weighted by molar-refractivity contribution is 7.98. The molecule has 126 valence electrons. The number of carbonyl (C=O) groups excluding carboxylic acids is 1. The van der Waals surface area contributed by atoms with Gasteiger partial charge in [0.05, 0.1) is 12.2 Å². The van der Waals surface area contributed by atoms with Crippen LogP contribution in [0.3, 0.4) is 0 Å². The molecular weight excluding hydrogens is 330 g/mol. The predicted octanol–water partition coefficient (Wildman–Crippen LogP) is 4.92. The summed E-state index contributed by atoms with van der Waals surface area (Å²) in [7, 11) is 0. The third-order valence-corrected chi connectivity index (χ3v) is 5.29. The molecule has 0 radical (unpaired) electrons. The summed E-state index contributed by atoms with van der Waals surface area (Å²) >= 11 is 1.44. The maximum atomic E-state index is 14.2. The van der Waals surface area contributed by atoms with Crippen LogP contribution in [0.4, 0.5) is 8.78 Å². The number of esters is 1. The molecule has 0 spiro atoms. The van der Waals surface area contributed by atoms with Crippen LogP contribution in [0, 0.1) is 11.6 Å². The number of aryl methyl sites for hydroxylation is 1. The molecule has 0 atom stereocenters. The molecule has 2 aromatic rings. The summed E-state index contributed by atoms with van der Waals surface area (Å²) in [6, 6.07) is 8.35. The maximum Gasteiger partial charge on any atom is 0.338 e. The second kappa shape index (κ2) is 7.34. The van der Waals surface area contributed by atoms with Crippen LogP contribution >= 0.6 is 11.8 Å². The Labute approximate surface area is 144 Å². The first-order valence-electron chi connectivity index (χ1n) is 7.99. The summed E-state index contributed by atoms with van der Waals surface area (Å²) in [6.07, 6.45) is 3.19. The molecule has 3 rings (SSSR count). The molecule has 5 heteroatoms. The van der Waals surface area contributed by atoms with E-state index in [1.54, 1.807) is 6.92 Å². The van der Waals surface area contributed by atoms with E-state index in [1.807, 2.05) is 12.1 Å². The van der Waals surface area contributed by atoms with Crippen LogP contribution in [0.25, 0.3) is 0 Å².